The van der Waals surface area contributed by atoms with Gasteiger partial charge in [-0.25, -0.2) is 31.8 Å². The number of fused-ring (bicyclic) bond motifs is 2. The number of nitrogens with one attached hydrogen (secondary N) is 3. The van der Waals surface area contributed by atoms with E-state index in [1.807, 2.05) is 92.7 Å². The van der Waals surface area contributed by atoms with Crippen LogP contribution in [-0.2, 0) is 19.7 Å². The maximum atomic E-state index is 14.5. The standard InChI is InChI=1S/C63H44N6O6S4/c1-38-17-9-11-23-46(38)60(70)68-58-56(62-66-48-25-13-15-27-52(48)76-62)54(40-29-33-44(34-30-40)78(72,73)42-19-5-3-6-20-42)50(64-58)37-51-55(41-31-35-45(36-32-41)79(74,75)43-21-7-4-8-22-43)57(63-67-49-26-14-16-28-53(49)77-63)59(65-51)69-61(71)47-24-12-10-18-39(47)2/h3-37,64H,1-2H3,(H,68,70)(H,65,69,71). The maximum Gasteiger partial charge on any atom is 0.257 e. The van der Waals surface area contributed by atoms with Crippen LogP contribution < -0.4 is 10.6 Å². The average Bonchev–Trinajstić information content (AvgIpc) is 4.33. The van der Waals surface area contributed by atoms with E-state index >= 15 is 0 Å². The first-order valence-corrected chi connectivity index (χ1v) is 29.5. The molecule has 8 aromatic carbocycles. The molecule has 0 saturated carbocycles. The highest BCUT2D eigenvalue weighted by atomic mass is 32.2. The lowest BCUT2D eigenvalue weighted by Gasteiger charge is -2.12. The molecular formula is C63H44N6O6S4. The maximum absolute atomic E-state index is 14.5. The molecule has 16 heteroatoms. The molecule has 0 radical (unpaired) electrons. The number of carbonyl (C=O) groups is 2. The average molecular weight is 1110 g/mol. The largest absolute Gasteiger partial charge is 0.341 e. The number of sulfone groups is 2. The van der Waals surface area contributed by atoms with E-state index in [1.165, 1.54) is 22.7 Å². The minimum Gasteiger partial charge on any atom is -0.341 e. The smallest absolute Gasteiger partial charge is 0.257 e. The van der Waals surface area contributed by atoms with Crippen molar-refractivity contribution >= 4 is 103 Å². The summed E-state index contributed by atoms with van der Waals surface area (Å²) in [5.41, 5.74) is 7.80. The molecule has 0 unspecified atom stereocenters. The van der Waals surface area contributed by atoms with Crippen LogP contribution in [0.4, 0.5) is 5.82 Å². The Balaban J connectivity index is 1.13. The van der Waals surface area contributed by atoms with E-state index in [0.717, 1.165) is 31.6 Å². The van der Waals surface area contributed by atoms with Crippen LogP contribution in [0.1, 0.15) is 48.1 Å². The molecule has 1 aliphatic rings. The molecule has 0 fully saturated rings. The predicted molar refractivity (Wildman–Crippen MR) is 315 cm³/mol. The molecule has 12 rings (SSSR count). The van der Waals surface area contributed by atoms with Gasteiger partial charge in [-0.05, 0) is 127 Å². The molecule has 0 spiro atoms. The second-order valence-corrected chi connectivity index (χ2v) is 24.6. The van der Waals surface area contributed by atoms with Gasteiger partial charge in [-0.2, -0.15) is 0 Å². The van der Waals surface area contributed by atoms with Gasteiger partial charge in [0.1, 0.15) is 21.7 Å². The number of benzene rings is 8. The number of rotatable bonds is 12. The third kappa shape index (κ3) is 9.61. The Morgan fingerprint density at radius 3 is 1.44 bits per heavy atom. The Morgan fingerprint density at radius 2 is 0.911 bits per heavy atom. The molecule has 3 N–H and O–H groups in total. The zero-order chi connectivity index (χ0) is 54.4. The first-order chi connectivity index (χ1) is 38.3. The van der Waals surface area contributed by atoms with E-state index in [0.29, 0.717) is 71.8 Å². The number of amides is 2. The van der Waals surface area contributed by atoms with Gasteiger partial charge in [-0.15, -0.1) is 22.7 Å². The number of carbonyl (C=O) groups excluding carboxylic acids is 2. The van der Waals surface area contributed by atoms with Crippen molar-refractivity contribution in [3.8, 4) is 21.7 Å². The van der Waals surface area contributed by atoms with Crippen LogP contribution in [0.5, 0.6) is 0 Å². The number of anilines is 1. The number of aliphatic imine (C=N–C) groups is 1. The molecule has 0 bridgehead atoms. The third-order valence-corrected chi connectivity index (χ3v) is 19.2. The number of H-pyrrole nitrogens is 1. The topological polar surface area (TPSA) is 180 Å². The van der Waals surface area contributed by atoms with Gasteiger partial charge in [0, 0.05) is 22.3 Å². The van der Waals surface area contributed by atoms with Gasteiger partial charge in [0.2, 0.25) is 19.7 Å². The summed E-state index contributed by atoms with van der Waals surface area (Å²) < 4.78 is 57.9. The third-order valence-electron chi connectivity index (χ3n) is 13.6. The zero-order valence-corrected chi connectivity index (χ0v) is 45.4. The van der Waals surface area contributed by atoms with Crippen LogP contribution in [0, 0.1) is 13.8 Å². The number of thiazole rings is 2. The fourth-order valence-electron chi connectivity index (χ4n) is 9.59. The second kappa shape index (κ2) is 20.6. The number of allylic oxidation sites excluding steroid dienone is 1. The lowest BCUT2D eigenvalue weighted by Crippen LogP contribution is -2.31. The number of hydrogen-bond acceptors (Lipinski definition) is 11. The molecule has 0 saturated heterocycles. The molecule has 3 aromatic heterocycles. The molecule has 0 atom stereocenters. The van der Waals surface area contributed by atoms with Crippen molar-refractivity contribution in [3.05, 3.63) is 250 Å². The van der Waals surface area contributed by atoms with Crippen molar-refractivity contribution in [2.24, 2.45) is 4.99 Å². The van der Waals surface area contributed by atoms with Gasteiger partial charge in [0.15, 0.2) is 0 Å². The summed E-state index contributed by atoms with van der Waals surface area (Å²) in [6.45, 7) is 3.71. The number of aromatic amines is 1. The first-order valence-electron chi connectivity index (χ1n) is 24.9. The fourth-order valence-corrected chi connectivity index (χ4v) is 14.2. The van der Waals surface area contributed by atoms with E-state index < -0.39 is 25.6 Å². The van der Waals surface area contributed by atoms with Gasteiger partial charge < -0.3 is 15.6 Å². The monoisotopic (exact) mass is 1110 g/mol. The van der Waals surface area contributed by atoms with Crippen molar-refractivity contribution in [2.75, 3.05) is 5.32 Å². The summed E-state index contributed by atoms with van der Waals surface area (Å²) in [7, 11) is -7.86. The van der Waals surface area contributed by atoms with E-state index in [9.17, 15) is 26.4 Å². The number of para-hydroxylation sites is 2. The van der Waals surface area contributed by atoms with Crippen LogP contribution in [0.3, 0.4) is 0 Å². The summed E-state index contributed by atoms with van der Waals surface area (Å²) in [6, 6.07) is 59.5. The minimum absolute atomic E-state index is 0.0704. The number of aryl methyl sites for hydroxylation is 2. The normalized spacial score (nSPS) is 13.3. The number of amidine groups is 1. The van der Waals surface area contributed by atoms with Crippen LogP contribution in [0.15, 0.2) is 237 Å². The first kappa shape index (κ1) is 50.6. The summed E-state index contributed by atoms with van der Waals surface area (Å²) in [6.07, 6.45) is 1.81. The number of nitrogens with zero attached hydrogens (tertiary/aromatic N) is 3. The lowest BCUT2D eigenvalue weighted by atomic mass is 9.96. The van der Waals surface area contributed by atoms with Crippen LogP contribution in [0.2, 0.25) is 0 Å². The Kier molecular flexibility index (Phi) is 13.2. The Labute approximate surface area is 463 Å². The van der Waals surface area contributed by atoms with Crippen molar-refractivity contribution in [3.63, 3.8) is 0 Å². The second-order valence-electron chi connectivity index (χ2n) is 18.6. The Hall–Kier alpha value is -9.19. The zero-order valence-electron chi connectivity index (χ0n) is 42.1. The SMILES string of the molecule is Cc1ccccc1C(=O)NC1=NC(=Cc2[nH]c(NC(=O)c3ccccc3C)c(-c3nc4ccccc4s3)c2-c2ccc(S(=O)(=O)c3ccccc3)cc2)C(c2ccc(S(=O)(=O)c3ccccc3)cc2)=C1c1nc2ccccc2s1. The molecule has 1 aliphatic heterocycles. The molecule has 2 amide bonds. The molecule has 0 aliphatic carbocycles. The quantitative estimate of drug-likeness (QED) is 0.108. The van der Waals surface area contributed by atoms with Crippen molar-refractivity contribution in [1.29, 1.82) is 0 Å². The number of hydrogen-bond donors (Lipinski definition) is 3. The van der Waals surface area contributed by atoms with E-state index in [4.69, 9.17) is 15.0 Å². The highest BCUT2D eigenvalue weighted by molar-refractivity contribution is 7.91. The molecule has 12 nitrogen and oxygen atoms in total. The summed E-state index contributed by atoms with van der Waals surface area (Å²) in [4.78, 5) is 48.5. The molecule has 79 heavy (non-hydrogen) atoms. The minimum atomic E-state index is -3.93. The fraction of sp³-hybridized carbons (Fsp3) is 0.0317. The Bertz CT molecular complexity index is 4500. The van der Waals surface area contributed by atoms with Crippen molar-refractivity contribution < 1.29 is 26.4 Å². The number of aromatic nitrogens is 3. The highest BCUT2D eigenvalue weighted by Gasteiger charge is 2.33. The Morgan fingerprint density at radius 1 is 0.468 bits per heavy atom. The van der Waals surface area contributed by atoms with Crippen LogP contribution in [0.25, 0.3) is 59.4 Å². The van der Waals surface area contributed by atoms with Crippen molar-refractivity contribution in [2.45, 2.75) is 33.4 Å². The summed E-state index contributed by atoms with van der Waals surface area (Å²) in [5.74, 6) is -0.304. The molecule has 4 heterocycles. The summed E-state index contributed by atoms with van der Waals surface area (Å²) >= 11 is 2.84. The van der Waals surface area contributed by atoms with Gasteiger partial charge in [0.25, 0.3) is 11.8 Å². The highest BCUT2D eigenvalue weighted by Crippen LogP contribution is 2.48. The van der Waals surface area contributed by atoms with Crippen LogP contribution >= 0.6 is 22.7 Å². The lowest BCUT2D eigenvalue weighted by molar-refractivity contribution is 0.0975. The van der Waals surface area contributed by atoms with E-state index in [1.54, 1.807) is 133 Å². The van der Waals surface area contributed by atoms with Gasteiger partial charge in [-0.3, -0.25) is 9.59 Å². The van der Waals surface area contributed by atoms with Crippen molar-refractivity contribution in [1.82, 2.24) is 20.3 Å². The van der Waals surface area contributed by atoms with Crippen LogP contribution in [-0.4, -0.2) is 49.4 Å². The molecule has 11 aromatic rings. The molecular weight excluding hydrogens is 1060 g/mol. The van der Waals surface area contributed by atoms with E-state index in [-0.39, 0.29) is 31.3 Å². The van der Waals surface area contributed by atoms with Gasteiger partial charge >= 0.3 is 0 Å². The van der Waals surface area contributed by atoms with E-state index in [2.05, 4.69) is 15.6 Å². The van der Waals surface area contributed by atoms with Gasteiger partial charge in [0.05, 0.1) is 62.5 Å². The molecule has 386 valence electrons. The predicted octanol–water partition coefficient (Wildman–Crippen LogP) is 13.9. The summed E-state index contributed by atoms with van der Waals surface area (Å²) in [5, 5.41) is 7.41. The van der Waals surface area contributed by atoms with Gasteiger partial charge in [-0.1, -0.05) is 121 Å².